The van der Waals surface area contributed by atoms with Gasteiger partial charge in [0.05, 0.1) is 19.1 Å². The topological polar surface area (TPSA) is 97.4 Å². The van der Waals surface area contributed by atoms with E-state index >= 15 is 0 Å². The Labute approximate surface area is 173 Å². The highest BCUT2D eigenvalue weighted by molar-refractivity contribution is 7.92. The van der Waals surface area contributed by atoms with Gasteiger partial charge >= 0.3 is 0 Å². The third kappa shape index (κ3) is 6.30. The van der Waals surface area contributed by atoms with E-state index in [9.17, 15) is 13.2 Å². The predicted molar refractivity (Wildman–Crippen MR) is 116 cm³/mol. The number of nitrogens with zero attached hydrogens (tertiary/aromatic N) is 1. The zero-order valence-electron chi connectivity index (χ0n) is 16.0. The van der Waals surface area contributed by atoms with Crippen LogP contribution in [0.1, 0.15) is 12.0 Å². The normalized spacial score (nSPS) is 11.1. The van der Waals surface area contributed by atoms with Gasteiger partial charge in [-0.3, -0.25) is 9.52 Å². The van der Waals surface area contributed by atoms with Crippen molar-refractivity contribution in [2.24, 2.45) is 0 Å². The Hall–Kier alpha value is -2.91. The number of methoxy groups -OCH3 is 1. The molecule has 9 heteroatoms. The summed E-state index contributed by atoms with van der Waals surface area (Å²) in [6.07, 6.45) is 2.08. The van der Waals surface area contributed by atoms with Crippen LogP contribution in [0.4, 0.5) is 10.8 Å². The lowest BCUT2D eigenvalue weighted by molar-refractivity contribution is -0.116. The number of thiazole rings is 1. The molecule has 152 valence electrons. The molecule has 0 bridgehead atoms. The molecule has 1 heterocycles. The van der Waals surface area contributed by atoms with Gasteiger partial charge in [0.15, 0.2) is 5.13 Å². The highest BCUT2D eigenvalue weighted by atomic mass is 32.2. The van der Waals surface area contributed by atoms with E-state index in [2.05, 4.69) is 15.0 Å². The number of aryl methyl sites for hydroxylation is 1. The fourth-order valence-electron chi connectivity index (χ4n) is 2.62. The van der Waals surface area contributed by atoms with Gasteiger partial charge < -0.3 is 10.1 Å². The largest absolute Gasteiger partial charge is 0.497 e. The van der Waals surface area contributed by atoms with Gasteiger partial charge in [0.25, 0.3) is 0 Å². The third-order valence-corrected chi connectivity index (χ3v) is 5.40. The van der Waals surface area contributed by atoms with Crippen molar-refractivity contribution in [3.8, 4) is 17.0 Å². The maximum absolute atomic E-state index is 12.2. The molecular formula is C20H21N3O4S2. The minimum atomic E-state index is -3.31. The lowest BCUT2D eigenvalue weighted by Crippen LogP contribution is -2.12. The predicted octanol–water partition coefficient (Wildman–Crippen LogP) is 3.76. The fraction of sp³-hybridized carbons (Fsp3) is 0.200. The molecule has 0 aliphatic heterocycles. The van der Waals surface area contributed by atoms with E-state index in [0.29, 0.717) is 29.4 Å². The third-order valence-electron chi connectivity index (χ3n) is 4.03. The van der Waals surface area contributed by atoms with Crippen LogP contribution in [-0.4, -0.2) is 32.7 Å². The second-order valence-corrected chi connectivity index (χ2v) is 8.99. The van der Waals surface area contributed by atoms with Crippen LogP contribution in [0.2, 0.25) is 0 Å². The van der Waals surface area contributed by atoms with E-state index in [-0.39, 0.29) is 5.91 Å². The molecular weight excluding hydrogens is 410 g/mol. The number of nitrogens with one attached hydrogen (secondary N) is 2. The van der Waals surface area contributed by atoms with Crippen LogP contribution in [0.5, 0.6) is 5.75 Å². The molecule has 0 fully saturated rings. The summed E-state index contributed by atoms with van der Waals surface area (Å²) in [5, 5.41) is 5.19. The van der Waals surface area contributed by atoms with Crippen molar-refractivity contribution in [1.29, 1.82) is 0 Å². The lowest BCUT2D eigenvalue weighted by atomic mass is 10.1. The Morgan fingerprint density at radius 3 is 2.41 bits per heavy atom. The lowest BCUT2D eigenvalue weighted by Gasteiger charge is -2.05. The Balaban J connectivity index is 1.55. The quantitative estimate of drug-likeness (QED) is 0.566. The molecule has 2 N–H and O–H groups in total. The molecule has 29 heavy (non-hydrogen) atoms. The summed E-state index contributed by atoms with van der Waals surface area (Å²) in [5.74, 6) is 0.683. The second-order valence-electron chi connectivity index (χ2n) is 6.39. The number of benzene rings is 2. The summed E-state index contributed by atoms with van der Waals surface area (Å²) in [7, 11) is -1.69. The van der Waals surface area contributed by atoms with Crippen LogP contribution in [0.3, 0.4) is 0 Å². The minimum Gasteiger partial charge on any atom is -0.497 e. The molecule has 3 rings (SSSR count). The standard InChI is InChI=1S/C20H21N3O4S2/c1-27-17-10-3-14(4-11-17)5-12-19(24)22-20-21-18(13-28-20)15-6-8-16(9-7-15)23-29(2,25)26/h3-4,6-11,13,23H,5,12H2,1-2H3,(H,21,22,24). The smallest absolute Gasteiger partial charge is 0.229 e. The zero-order chi connectivity index (χ0) is 20.9. The van der Waals surface area contributed by atoms with Crippen molar-refractivity contribution in [1.82, 2.24) is 4.98 Å². The number of ether oxygens (including phenoxy) is 1. The van der Waals surface area contributed by atoms with Crippen LogP contribution in [0.15, 0.2) is 53.9 Å². The van der Waals surface area contributed by atoms with Crippen LogP contribution in [0.25, 0.3) is 11.3 Å². The summed E-state index contributed by atoms with van der Waals surface area (Å²) < 4.78 is 30.1. The molecule has 1 aromatic heterocycles. The van der Waals surface area contributed by atoms with E-state index in [1.165, 1.54) is 11.3 Å². The summed E-state index contributed by atoms with van der Waals surface area (Å²) >= 11 is 1.34. The molecule has 0 atom stereocenters. The molecule has 0 unspecified atom stereocenters. The number of rotatable bonds is 8. The first-order chi connectivity index (χ1) is 13.8. The Kier molecular flexibility index (Phi) is 6.50. The number of anilines is 2. The summed E-state index contributed by atoms with van der Waals surface area (Å²) in [5.41, 5.74) is 3.09. The van der Waals surface area contributed by atoms with Crippen LogP contribution >= 0.6 is 11.3 Å². The molecule has 3 aromatic rings. The van der Waals surface area contributed by atoms with Crippen LogP contribution in [0, 0.1) is 0 Å². The number of hydrogen-bond acceptors (Lipinski definition) is 6. The van der Waals surface area contributed by atoms with Crippen molar-refractivity contribution in [3.63, 3.8) is 0 Å². The van der Waals surface area contributed by atoms with Gasteiger partial charge in [0, 0.05) is 23.1 Å². The van der Waals surface area contributed by atoms with Gasteiger partial charge in [-0.1, -0.05) is 24.3 Å². The first-order valence-corrected chi connectivity index (χ1v) is 11.6. The number of sulfonamides is 1. The molecule has 0 saturated carbocycles. The maximum Gasteiger partial charge on any atom is 0.229 e. The SMILES string of the molecule is COc1ccc(CCC(=O)Nc2nc(-c3ccc(NS(C)(=O)=O)cc3)cs2)cc1. The average molecular weight is 432 g/mol. The first kappa shape index (κ1) is 20.8. The van der Waals surface area contributed by atoms with Crippen LogP contribution < -0.4 is 14.8 Å². The van der Waals surface area contributed by atoms with E-state index < -0.39 is 10.0 Å². The Morgan fingerprint density at radius 2 is 1.79 bits per heavy atom. The molecule has 0 radical (unpaired) electrons. The summed E-state index contributed by atoms with van der Waals surface area (Å²) in [6, 6.07) is 14.5. The fourth-order valence-corrected chi connectivity index (χ4v) is 3.92. The van der Waals surface area contributed by atoms with Gasteiger partial charge in [0.2, 0.25) is 15.9 Å². The van der Waals surface area contributed by atoms with Crippen LogP contribution in [-0.2, 0) is 21.2 Å². The number of amides is 1. The molecule has 1 amide bonds. The van der Waals surface area contributed by atoms with E-state index in [0.717, 1.165) is 23.1 Å². The molecule has 0 saturated heterocycles. The molecule has 7 nitrogen and oxygen atoms in total. The van der Waals surface area contributed by atoms with E-state index in [1.807, 2.05) is 29.6 Å². The second kappa shape index (κ2) is 9.06. The van der Waals surface area contributed by atoms with Gasteiger partial charge in [-0.15, -0.1) is 11.3 Å². The monoisotopic (exact) mass is 431 g/mol. The highest BCUT2D eigenvalue weighted by Crippen LogP contribution is 2.26. The van der Waals surface area contributed by atoms with Crippen molar-refractivity contribution >= 4 is 38.1 Å². The number of carbonyl (C=O) groups is 1. The molecule has 0 aliphatic carbocycles. The molecule has 2 aromatic carbocycles. The van der Waals surface area contributed by atoms with Crippen molar-refractivity contribution in [3.05, 3.63) is 59.5 Å². The summed E-state index contributed by atoms with van der Waals surface area (Å²) in [4.78, 5) is 16.6. The van der Waals surface area contributed by atoms with Crippen molar-refractivity contribution in [2.45, 2.75) is 12.8 Å². The number of aromatic nitrogens is 1. The van der Waals surface area contributed by atoms with Gasteiger partial charge in [-0.25, -0.2) is 13.4 Å². The number of hydrogen-bond donors (Lipinski definition) is 2. The van der Waals surface area contributed by atoms with Gasteiger partial charge in [-0.05, 0) is 36.2 Å². The van der Waals surface area contributed by atoms with Gasteiger partial charge in [0.1, 0.15) is 5.75 Å². The Bertz CT molecular complexity index is 1080. The first-order valence-electron chi connectivity index (χ1n) is 8.79. The van der Waals surface area contributed by atoms with Crippen molar-refractivity contribution in [2.75, 3.05) is 23.4 Å². The summed E-state index contributed by atoms with van der Waals surface area (Å²) in [6.45, 7) is 0. The highest BCUT2D eigenvalue weighted by Gasteiger charge is 2.09. The van der Waals surface area contributed by atoms with Crippen molar-refractivity contribution < 1.29 is 17.9 Å². The molecule has 0 spiro atoms. The molecule has 0 aliphatic rings. The minimum absolute atomic E-state index is 0.102. The van der Waals surface area contributed by atoms with Gasteiger partial charge in [-0.2, -0.15) is 0 Å². The number of carbonyl (C=O) groups excluding carboxylic acids is 1. The average Bonchev–Trinajstić information content (AvgIpc) is 3.14. The Morgan fingerprint density at radius 1 is 1.10 bits per heavy atom. The van der Waals surface area contributed by atoms with E-state index in [1.54, 1.807) is 31.4 Å². The van der Waals surface area contributed by atoms with E-state index in [4.69, 9.17) is 4.74 Å². The zero-order valence-corrected chi connectivity index (χ0v) is 17.6. The maximum atomic E-state index is 12.2.